The third-order valence-corrected chi connectivity index (χ3v) is 6.07. The predicted molar refractivity (Wildman–Crippen MR) is 144 cm³/mol. The molecule has 0 spiro atoms. The number of nitrogens with one attached hydrogen (secondary N) is 3. The van der Waals surface area contributed by atoms with Crippen LogP contribution in [0.3, 0.4) is 0 Å². The standard InChI is InChI=1S/C25H37N5O2.C2HF3O2/c1-17(2)14-22(24(31)28-20-10-12-21(32-4)13-11-20)29-23-15-18(3)27-25(30-23)26-16-19-8-6-5-7-9-19;3-2(4,5)1(6)7/h10-13,15,17,19,22H,5-9,14,16H2,1-4H3,(H,28,31)(H2,26,27,29,30);(H,6,7)/t22-;/m0./s1. The Hall–Kier alpha value is -3.57. The van der Waals surface area contributed by atoms with Gasteiger partial charge in [-0.05, 0) is 62.3 Å². The van der Waals surface area contributed by atoms with Gasteiger partial charge < -0.3 is 25.8 Å². The topological polar surface area (TPSA) is 125 Å². The van der Waals surface area contributed by atoms with Crippen molar-refractivity contribution in [1.82, 2.24) is 9.97 Å². The van der Waals surface area contributed by atoms with Crippen LogP contribution in [0.2, 0.25) is 0 Å². The van der Waals surface area contributed by atoms with Crippen molar-refractivity contribution >= 4 is 29.3 Å². The van der Waals surface area contributed by atoms with Crippen molar-refractivity contribution in [2.45, 2.75) is 71.5 Å². The second-order valence-corrected chi connectivity index (χ2v) is 9.95. The van der Waals surface area contributed by atoms with Crippen LogP contribution >= 0.6 is 0 Å². The number of aryl methyl sites for hydroxylation is 1. The smallest absolute Gasteiger partial charge is 0.490 e. The van der Waals surface area contributed by atoms with E-state index in [0.29, 0.717) is 30.0 Å². The lowest BCUT2D eigenvalue weighted by Gasteiger charge is -2.23. The van der Waals surface area contributed by atoms with Gasteiger partial charge in [-0.3, -0.25) is 4.79 Å². The van der Waals surface area contributed by atoms with Crippen molar-refractivity contribution in [3.05, 3.63) is 36.0 Å². The Morgan fingerprint density at radius 1 is 1.10 bits per heavy atom. The first-order valence-corrected chi connectivity index (χ1v) is 13.0. The molecular weight excluding hydrogens is 515 g/mol. The van der Waals surface area contributed by atoms with E-state index in [1.807, 2.05) is 37.3 Å². The fourth-order valence-corrected chi connectivity index (χ4v) is 4.13. The van der Waals surface area contributed by atoms with E-state index >= 15 is 0 Å². The summed E-state index contributed by atoms with van der Waals surface area (Å²) in [5, 5.41) is 16.9. The summed E-state index contributed by atoms with van der Waals surface area (Å²) in [7, 11) is 1.62. The molecule has 1 heterocycles. The highest BCUT2D eigenvalue weighted by Gasteiger charge is 2.38. The Kier molecular flexibility index (Phi) is 12.3. The van der Waals surface area contributed by atoms with Crippen molar-refractivity contribution in [2.24, 2.45) is 11.8 Å². The van der Waals surface area contributed by atoms with E-state index in [2.05, 4.69) is 39.8 Å². The maximum atomic E-state index is 13.0. The number of carboxylic acid groups (broad SMARTS) is 1. The zero-order valence-electron chi connectivity index (χ0n) is 22.8. The predicted octanol–water partition coefficient (Wildman–Crippen LogP) is 5.88. The molecule has 1 saturated carbocycles. The lowest BCUT2D eigenvalue weighted by atomic mass is 9.89. The van der Waals surface area contributed by atoms with E-state index in [-0.39, 0.29) is 5.91 Å². The fourth-order valence-electron chi connectivity index (χ4n) is 4.13. The molecule has 4 N–H and O–H groups in total. The molecule has 216 valence electrons. The number of carbonyl (C=O) groups excluding carboxylic acids is 1. The summed E-state index contributed by atoms with van der Waals surface area (Å²) in [5.74, 6) is 0.235. The second kappa shape index (κ2) is 15.1. The molecule has 1 aromatic heterocycles. The highest BCUT2D eigenvalue weighted by Crippen LogP contribution is 2.24. The van der Waals surface area contributed by atoms with Crippen LogP contribution in [0.25, 0.3) is 0 Å². The minimum absolute atomic E-state index is 0.0863. The molecule has 1 aliphatic rings. The van der Waals surface area contributed by atoms with Gasteiger partial charge in [0.25, 0.3) is 0 Å². The first-order valence-electron chi connectivity index (χ1n) is 13.0. The summed E-state index contributed by atoms with van der Waals surface area (Å²) in [5.41, 5.74) is 1.60. The van der Waals surface area contributed by atoms with Gasteiger partial charge >= 0.3 is 12.1 Å². The molecule has 2 aromatic rings. The Morgan fingerprint density at radius 3 is 2.26 bits per heavy atom. The second-order valence-electron chi connectivity index (χ2n) is 9.95. The van der Waals surface area contributed by atoms with Gasteiger partial charge in [0, 0.05) is 24.0 Å². The highest BCUT2D eigenvalue weighted by molar-refractivity contribution is 5.96. The number of rotatable bonds is 10. The molecule has 1 atom stereocenters. The molecular formula is C27H38F3N5O4. The monoisotopic (exact) mass is 553 g/mol. The van der Waals surface area contributed by atoms with Crippen LogP contribution in [0, 0.1) is 18.8 Å². The van der Waals surface area contributed by atoms with Crippen molar-refractivity contribution < 1.29 is 32.6 Å². The van der Waals surface area contributed by atoms with Gasteiger partial charge in [-0.1, -0.05) is 33.1 Å². The van der Waals surface area contributed by atoms with Gasteiger partial charge in [0.2, 0.25) is 11.9 Å². The molecule has 3 rings (SSSR count). The number of carbonyl (C=O) groups is 2. The van der Waals surface area contributed by atoms with Gasteiger partial charge in [-0.25, -0.2) is 9.78 Å². The number of halogens is 3. The maximum absolute atomic E-state index is 13.0. The van der Waals surface area contributed by atoms with Crippen LogP contribution < -0.4 is 20.7 Å². The van der Waals surface area contributed by atoms with E-state index in [9.17, 15) is 18.0 Å². The number of alkyl halides is 3. The van der Waals surface area contributed by atoms with Crippen LogP contribution in [0.1, 0.15) is 58.1 Å². The lowest BCUT2D eigenvalue weighted by molar-refractivity contribution is -0.192. The molecule has 0 radical (unpaired) electrons. The van der Waals surface area contributed by atoms with E-state index in [1.165, 1.54) is 32.1 Å². The Balaban J connectivity index is 0.000000673. The zero-order chi connectivity index (χ0) is 29.0. The Bertz CT molecular complexity index is 1060. The molecule has 1 fully saturated rings. The van der Waals surface area contributed by atoms with E-state index in [0.717, 1.165) is 23.7 Å². The first-order chi connectivity index (χ1) is 18.4. The van der Waals surface area contributed by atoms with Crippen LogP contribution in [0.4, 0.5) is 30.6 Å². The summed E-state index contributed by atoms with van der Waals surface area (Å²) in [4.78, 5) is 31.1. The van der Waals surface area contributed by atoms with Gasteiger partial charge in [-0.2, -0.15) is 18.2 Å². The number of methoxy groups -OCH3 is 1. The number of hydrogen-bond acceptors (Lipinski definition) is 7. The average molecular weight is 554 g/mol. The maximum Gasteiger partial charge on any atom is 0.490 e. The number of aliphatic carboxylic acids is 1. The van der Waals surface area contributed by atoms with Crippen molar-refractivity contribution in [1.29, 1.82) is 0 Å². The first kappa shape index (κ1) is 31.6. The molecule has 0 unspecified atom stereocenters. The summed E-state index contributed by atoms with van der Waals surface area (Å²) >= 11 is 0. The van der Waals surface area contributed by atoms with E-state index in [4.69, 9.17) is 14.6 Å². The number of anilines is 3. The molecule has 1 aromatic carbocycles. The van der Waals surface area contributed by atoms with Crippen LogP contribution in [0.5, 0.6) is 5.75 Å². The molecule has 1 aliphatic carbocycles. The largest absolute Gasteiger partial charge is 0.497 e. The van der Waals surface area contributed by atoms with Gasteiger partial charge in [-0.15, -0.1) is 0 Å². The van der Waals surface area contributed by atoms with E-state index in [1.54, 1.807) is 7.11 Å². The zero-order valence-corrected chi connectivity index (χ0v) is 22.8. The molecule has 9 nitrogen and oxygen atoms in total. The van der Waals surface area contributed by atoms with Gasteiger partial charge in [0.05, 0.1) is 7.11 Å². The normalized spacial score (nSPS) is 14.6. The summed E-state index contributed by atoms with van der Waals surface area (Å²) in [6, 6.07) is 8.82. The highest BCUT2D eigenvalue weighted by atomic mass is 19.4. The Labute approximate surface area is 227 Å². The van der Waals surface area contributed by atoms with Crippen LogP contribution in [-0.2, 0) is 9.59 Å². The number of ether oxygens (including phenoxy) is 1. The average Bonchev–Trinajstić information content (AvgIpc) is 2.87. The van der Waals surface area contributed by atoms with Crippen molar-refractivity contribution in [3.8, 4) is 5.75 Å². The van der Waals surface area contributed by atoms with Crippen LogP contribution in [-0.4, -0.2) is 52.8 Å². The van der Waals surface area contributed by atoms with Crippen molar-refractivity contribution in [2.75, 3.05) is 29.6 Å². The fraction of sp³-hybridized carbons (Fsp3) is 0.556. The third-order valence-electron chi connectivity index (χ3n) is 6.07. The van der Waals surface area contributed by atoms with Crippen LogP contribution in [0.15, 0.2) is 30.3 Å². The third kappa shape index (κ3) is 11.8. The number of aromatic nitrogens is 2. The SMILES string of the molecule is COc1ccc(NC(=O)[C@H](CC(C)C)Nc2cc(C)nc(NCC3CCCCC3)n2)cc1.O=C(O)C(F)(F)F. The minimum Gasteiger partial charge on any atom is -0.497 e. The van der Waals surface area contributed by atoms with Gasteiger partial charge in [0.15, 0.2) is 0 Å². The molecule has 1 amide bonds. The van der Waals surface area contributed by atoms with Gasteiger partial charge in [0.1, 0.15) is 17.6 Å². The van der Waals surface area contributed by atoms with Crippen molar-refractivity contribution in [3.63, 3.8) is 0 Å². The molecule has 12 heteroatoms. The number of benzene rings is 1. The summed E-state index contributed by atoms with van der Waals surface area (Å²) in [6.45, 7) is 7.07. The summed E-state index contributed by atoms with van der Waals surface area (Å²) < 4.78 is 36.9. The number of hydrogen-bond donors (Lipinski definition) is 4. The number of amides is 1. The number of carboxylic acids is 1. The lowest BCUT2D eigenvalue weighted by Crippen LogP contribution is -2.36. The number of nitrogens with zero attached hydrogens (tertiary/aromatic N) is 2. The Morgan fingerprint density at radius 2 is 1.72 bits per heavy atom. The molecule has 0 aliphatic heterocycles. The molecule has 39 heavy (non-hydrogen) atoms. The summed E-state index contributed by atoms with van der Waals surface area (Å²) in [6.07, 6.45) is 2.12. The minimum atomic E-state index is -5.08. The quantitative estimate of drug-likeness (QED) is 0.287. The molecule has 0 bridgehead atoms. The van der Waals surface area contributed by atoms with E-state index < -0.39 is 18.2 Å². The molecule has 0 saturated heterocycles.